The van der Waals surface area contributed by atoms with Gasteiger partial charge in [-0.1, -0.05) is 6.07 Å². The predicted molar refractivity (Wildman–Crippen MR) is 141 cm³/mol. The van der Waals surface area contributed by atoms with Gasteiger partial charge in [0.15, 0.2) is 0 Å². The third-order valence-electron chi connectivity index (χ3n) is 5.97. The van der Waals surface area contributed by atoms with Crippen LogP contribution in [0.15, 0.2) is 42.9 Å². The zero-order valence-electron chi connectivity index (χ0n) is 20.5. The van der Waals surface area contributed by atoms with Gasteiger partial charge in [0.25, 0.3) is 0 Å². The molecule has 12 heteroatoms. The van der Waals surface area contributed by atoms with E-state index in [9.17, 15) is 9.90 Å². The van der Waals surface area contributed by atoms with Gasteiger partial charge in [-0.25, -0.2) is 24.7 Å². The van der Waals surface area contributed by atoms with Gasteiger partial charge in [0.2, 0.25) is 11.9 Å². The Morgan fingerprint density at radius 3 is 2.84 bits per heavy atom. The molecule has 1 aromatic carbocycles. The van der Waals surface area contributed by atoms with Crippen molar-refractivity contribution in [1.82, 2.24) is 19.9 Å². The first-order valence-corrected chi connectivity index (χ1v) is 12.6. The van der Waals surface area contributed by atoms with Crippen LogP contribution in [0, 0.1) is 0 Å². The van der Waals surface area contributed by atoms with E-state index in [1.54, 1.807) is 30.4 Å². The number of hydrogen-bond donors (Lipinski definition) is 2. The average Bonchev–Trinajstić information content (AvgIpc) is 3.32. The largest absolute Gasteiger partial charge is 0.506 e. The predicted octanol–water partition coefficient (Wildman–Crippen LogP) is 3.16. The second kappa shape index (κ2) is 10.5. The number of nitrogens with zero attached hydrogens (tertiary/aromatic N) is 6. The van der Waals surface area contributed by atoms with Gasteiger partial charge in [0.05, 0.1) is 54.0 Å². The van der Waals surface area contributed by atoms with Crippen molar-refractivity contribution < 1.29 is 19.4 Å². The number of thiophene rings is 1. The average molecular weight is 522 g/mol. The normalized spacial score (nSPS) is 15.6. The van der Waals surface area contributed by atoms with E-state index in [1.165, 1.54) is 12.4 Å². The molecule has 1 aliphatic rings. The molecule has 37 heavy (non-hydrogen) atoms. The first kappa shape index (κ1) is 24.7. The summed E-state index contributed by atoms with van der Waals surface area (Å²) in [5.74, 6) is 0.752. The Labute approximate surface area is 217 Å². The lowest BCUT2D eigenvalue weighted by Gasteiger charge is -2.33. The summed E-state index contributed by atoms with van der Waals surface area (Å²) in [5.41, 5.74) is 8.12. The Bertz CT molecular complexity index is 1410. The summed E-state index contributed by atoms with van der Waals surface area (Å²) >= 11 is 1.61. The molecular weight excluding hydrogens is 494 g/mol. The number of rotatable bonds is 7. The molecule has 0 spiro atoms. The molecule has 0 radical (unpaired) electrons. The van der Waals surface area contributed by atoms with Gasteiger partial charge in [-0.15, -0.1) is 11.3 Å². The maximum Gasteiger partial charge on any atom is 0.341 e. The summed E-state index contributed by atoms with van der Waals surface area (Å²) in [6, 6.07) is 7.23. The minimum atomic E-state index is -0.436. The van der Waals surface area contributed by atoms with E-state index < -0.39 is 5.97 Å². The van der Waals surface area contributed by atoms with Crippen LogP contribution in [0.1, 0.15) is 33.8 Å². The summed E-state index contributed by atoms with van der Waals surface area (Å²) in [6.07, 6.45) is 4.57. The second-order valence-corrected chi connectivity index (χ2v) is 9.77. The van der Waals surface area contributed by atoms with E-state index in [2.05, 4.69) is 19.9 Å². The maximum absolute atomic E-state index is 11.8. The highest BCUT2D eigenvalue weighted by atomic mass is 32.1. The minimum Gasteiger partial charge on any atom is -0.506 e. The number of carbonyl (C=O) groups is 1. The Morgan fingerprint density at radius 1 is 1.27 bits per heavy atom. The summed E-state index contributed by atoms with van der Waals surface area (Å²) in [7, 11) is 1.89. The number of fused-ring (bicyclic) bond motifs is 1. The van der Waals surface area contributed by atoms with Crippen molar-refractivity contribution in [3.05, 3.63) is 58.9 Å². The van der Waals surface area contributed by atoms with Gasteiger partial charge >= 0.3 is 5.97 Å². The van der Waals surface area contributed by atoms with E-state index in [0.717, 1.165) is 20.7 Å². The number of morpholine rings is 1. The number of esters is 1. The number of anilines is 3. The fourth-order valence-corrected chi connectivity index (χ4v) is 5.07. The SMILES string of the molecule is CCOC(=O)c1cnc(N(C)Cc2cc3nc(N4CCOC(c5ccc(N)c(O)c5)C4)ncc3s2)nc1. The number of ether oxygens (including phenoxy) is 2. The first-order valence-electron chi connectivity index (χ1n) is 11.8. The molecule has 0 aliphatic carbocycles. The van der Waals surface area contributed by atoms with Gasteiger partial charge in [-0.05, 0) is 30.7 Å². The van der Waals surface area contributed by atoms with Crippen molar-refractivity contribution >= 4 is 45.1 Å². The van der Waals surface area contributed by atoms with Crippen molar-refractivity contribution in [2.24, 2.45) is 0 Å². The molecule has 1 fully saturated rings. The molecule has 11 nitrogen and oxygen atoms in total. The number of carbonyl (C=O) groups excluding carboxylic acids is 1. The van der Waals surface area contributed by atoms with Crippen LogP contribution in [-0.4, -0.2) is 64.4 Å². The van der Waals surface area contributed by atoms with E-state index in [0.29, 0.717) is 56.0 Å². The van der Waals surface area contributed by atoms with Gasteiger partial charge in [-0.2, -0.15) is 0 Å². The molecule has 1 atom stereocenters. The third kappa shape index (κ3) is 5.39. The smallest absolute Gasteiger partial charge is 0.341 e. The number of aromatic nitrogens is 4. The number of benzene rings is 1. The Morgan fingerprint density at radius 2 is 2.08 bits per heavy atom. The molecule has 0 bridgehead atoms. The van der Waals surface area contributed by atoms with Crippen LogP contribution in [0.2, 0.25) is 0 Å². The van der Waals surface area contributed by atoms with Gasteiger partial charge in [-0.3, -0.25) is 0 Å². The number of aromatic hydroxyl groups is 1. The third-order valence-corrected chi connectivity index (χ3v) is 7.01. The molecule has 1 saturated heterocycles. The summed E-state index contributed by atoms with van der Waals surface area (Å²) in [4.78, 5) is 34.9. The van der Waals surface area contributed by atoms with E-state index in [4.69, 9.17) is 20.2 Å². The van der Waals surface area contributed by atoms with Crippen molar-refractivity contribution in [3.63, 3.8) is 0 Å². The van der Waals surface area contributed by atoms with Crippen molar-refractivity contribution in [3.8, 4) is 5.75 Å². The molecule has 0 amide bonds. The van der Waals surface area contributed by atoms with E-state index in [-0.39, 0.29) is 11.9 Å². The van der Waals surface area contributed by atoms with E-state index in [1.807, 2.05) is 30.3 Å². The van der Waals surface area contributed by atoms with Crippen LogP contribution < -0.4 is 15.5 Å². The number of hydrogen-bond acceptors (Lipinski definition) is 12. The molecule has 3 aromatic heterocycles. The molecule has 5 rings (SSSR count). The fourth-order valence-electron chi connectivity index (χ4n) is 4.05. The zero-order chi connectivity index (χ0) is 25.9. The number of phenolic OH excluding ortho intramolecular Hbond substituents is 1. The standard InChI is InChI=1S/C25H27N7O4S/c1-3-35-23(34)16-10-27-24(28-11-16)31(2)13-17-9-19-22(37-17)12-29-25(30-19)32-6-7-36-21(14-32)15-4-5-18(26)20(33)8-15/h4-5,8-12,21,33H,3,6-7,13-14,26H2,1-2H3. The van der Waals surface area contributed by atoms with Gasteiger partial charge in [0.1, 0.15) is 11.9 Å². The van der Waals surface area contributed by atoms with Crippen molar-refractivity contribution in [2.75, 3.05) is 48.9 Å². The molecule has 4 aromatic rings. The van der Waals surface area contributed by atoms with Crippen LogP contribution in [-0.2, 0) is 16.0 Å². The summed E-state index contributed by atoms with van der Waals surface area (Å²) in [6.45, 7) is 4.39. The number of nitrogen functional groups attached to an aromatic ring is 1. The molecule has 1 unspecified atom stereocenters. The Balaban J connectivity index is 1.28. The minimum absolute atomic E-state index is 0.0482. The summed E-state index contributed by atoms with van der Waals surface area (Å²) < 4.78 is 11.9. The van der Waals surface area contributed by atoms with Crippen LogP contribution in [0.5, 0.6) is 5.75 Å². The van der Waals surface area contributed by atoms with Crippen molar-refractivity contribution in [1.29, 1.82) is 0 Å². The lowest BCUT2D eigenvalue weighted by Crippen LogP contribution is -2.39. The lowest BCUT2D eigenvalue weighted by molar-refractivity contribution is 0.0391. The molecule has 192 valence electrons. The quantitative estimate of drug-likeness (QED) is 0.210. The van der Waals surface area contributed by atoms with Crippen molar-refractivity contribution in [2.45, 2.75) is 19.6 Å². The molecular formula is C25H27N7O4S. The second-order valence-electron chi connectivity index (χ2n) is 8.60. The zero-order valence-corrected chi connectivity index (χ0v) is 21.3. The van der Waals surface area contributed by atoms with Gasteiger partial charge < -0.3 is 30.1 Å². The molecule has 3 N–H and O–H groups in total. The van der Waals surface area contributed by atoms with Crippen LogP contribution in [0.3, 0.4) is 0 Å². The van der Waals surface area contributed by atoms with Crippen LogP contribution in [0.4, 0.5) is 17.6 Å². The number of nitrogens with two attached hydrogens (primary N) is 1. The summed E-state index contributed by atoms with van der Waals surface area (Å²) in [5, 5.41) is 9.98. The highest BCUT2D eigenvalue weighted by Crippen LogP contribution is 2.31. The number of phenols is 1. The first-order chi connectivity index (χ1) is 17.9. The van der Waals surface area contributed by atoms with Gasteiger partial charge in [0, 0.05) is 30.9 Å². The Hall–Kier alpha value is -4.03. The topological polar surface area (TPSA) is 140 Å². The molecule has 4 heterocycles. The Kier molecular flexibility index (Phi) is 7.01. The monoisotopic (exact) mass is 521 g/mol. The maximum atomic E-state index is 11.8. The fraction of sp³-hybridized carbons (Fsp3) is 0.320. The van der Waals surface area contributed by atoms with E-state index >= 15 is 0 Å². The highest BCUT2D eigenvalue weighted by molar-refractivity contribution is 7.19. The highest BCUT2D eigenvalue weighted by Gasteiger charge is 2.25. The molecule has 0 saturated carbocycles. The van der Waals surface area contributed by atoms with Crippen LogP contribution in [0.25, 0.3) is 10.2 Å². The van der Waals surface area contributed by atoms with Crippen LogP contribution >= 0.6 is 11.3 Å². The molecule has 1 aliphatic heterocycles. The lowest BCUT2D eigenvalue weighted by atomic mass is 10.1.